The van der Waals surface area contributed by atoms with Crippen molar-refractivity contribution in [1.29, 1.82) is 0 Å². The molecule has 2 amide bonds. The van der Waals surface area contributed by atoms with Gasteiger partial charge >= 0.3 is 0 Å². The Morgan fingerprint density at radius 1 is 1.23 bits per heavy atom. The van der Waals surface area contributed by atoms with Crippen molar-refractivity contribution >= 4 is 56.5 Å². The fourth-order valence-electron chi connectivity index (χ4n) is 2.89. The smallest absolute Gasteiger partial charge is 0.293 e. The minimum atomic E-state index is -0.287. The highest BCUT2D eigenvalue weighted by molar-refractivity contribution is 9.10. The molecule has 30 heavy (non-hydrogen) atoms. The molecular formula is C22H21BrClNO4S. The largest absolute Gasteiger partial charge is 0.493 e. The number of nitrogens with zero attached hydrogens (tertiary/aromatic N) is 1. The lowest BCUT2D eigenvalue weighted by Gasteiger charge is -2.19. The highest BCUT2D eigenvalue weighted by atomic mass is 79.9. The first-order valence-electron chi connectivity index (χ1n) is 9.35. The zero-order valence-corrected chi connectivity index (χ0v) is 19.9. The number of carbonyl (C=O) groups is 2. The number of imide groups is 1. The van der Waals surface area contributed by atoms with Crippen molar-refractivity contribution in [2.75, 3.05) is 7.11 Å². The normalized spacial score (nSPS) is 16.3. The fourth-order valence-corrected chi connectivity index (χ4v) is 4.36. The minimum absolute atomic E-state index is 0.143. The molecule has 1 saturated heterocycles. The van der Waals surface area contributed by atoms with Crippen molar-refractivity contribution in [3.63, 3.8) is 0 Å². The van der Waals surface area contributed by atoms with Crippen LogP contribution in [-0.4, -0.2) is 29.2 Å². The summed E-state index contributed by atoms with van der Waals surface area (Å²) in [5.41, 5.74) is 1.64. The summed E-state index contributed by atoms with van der Waals surface area (Å²) in [6, 6.07) is 11.1. The van der Waals surface area contributed by atoms with Gasteiger partial charge in [-0.15, -0.1) is 0 Å². The van der Waals surface area contributed by atoms with E-state index in [9.17, 15) is 9.59 Å². The Balaban J connectivity index is 1.83. The second kappa shape index (κ2) is 9.90. The zero-order valence-electron chi connectivity index (χ0n) is 16.8. The number of hydrogen-bond donors (Lipinski definition) is 0. The molecule has 0 unspecified atom stereocenters. The summed E-state index contributed by atoms with van der Waals surface area (Å²) in [6.07, 6.45) is 2.36. The van der Waals surface area contributed by atoms with Crippen LogP contribution in [0.4, 0.5) is 4.79 Å². The summed E-state index contributed by atoms with van der Waals surface area (Å²) in [5, 5.41) is 0.104. The molecule has 3 rings (SSSR count). The van der Waals surface area contributed by atoms with Crippen LogP contribution in [0.2, 0.25) is 5.02 Å². The molecule has 5 nitrogen and oxygen atoms in total. The number of amides is 2. The monoisotopic (exact) mass is 509 g/mol. The van der Waals surface area contributed by atoms with E-state index in [0.717, 1.165) is 21.8 Å². The molecule has 8 heteroatoms. The lowest BCUT2D eigenvalue weighted by atomic mass is 10.1. The average molecular weight is 511 g/mol. The topological polar surface area (TPSA) is 55.8 Å². The summed E-state index contributed by atoms with van der Waals surface area (Å²) >= 11 is 10.8. The van der Waals surface area contributed by atoms with Crippen LogP contribution in [0.1, 0.15) is 31.4 Å². The highest BCUT2D eigenvalue weighted by Crippen LogP contribution is 2.39. The summed E-state index contributed by atoms with van der Waals surface area (Å²) in [5.74, 6) is 0.587. The van der Waals surface area contributed by atoms with E-state index in [-0.39, 0.29) is 17.2 Å². The van der Waals surface area contributed by atoms with Crippen LogP contribution in [0.25, 0.3) is 6.08 Å². The van der Waals surface area contributed by atoms with Gasteiger partial charge in [0.2, 0.25) is 0 Å². The van der Waals surface area contributed by atoms with E-state index in [1.165, 1.54) is 12.0 Å². The predicted molar refractivity (Wildman–Crippen MR) is 124 cm³/mol. The third kappa shape index (κ3) is 5.02. The van der Waals surface area contributed by atoms with Crippen molar-refractivity contribution in [2.45, 2.75) is 32.9 Å². The van der Waals surface area contributed by atoms with Gasteiger partial charge in [0.1, 0.15) is 6.61 Å². The van der Waals surface area contributed by atoms with Crippen molar-refractivity contribution in [3.05, 3.63) is 61.9 Å². The quantitative estimate of drug-likeness (QED) is 0.397. The van der Waals surface area contributed by atoms with Gasteiger partial charge in [0.05, 0.1) is 17.0 Å². The number of halogens is 2. The van der Waals surface area contributed by atoms with E-state index < -0.39 is 0 Å². The molecule has 0 saturated carbocycles. The molecular weight excluding hydrogens is 490 g/mol. The molecule has 2 aromatic carbocycles. The number of hydrogen-bond acceptors (Lipinski definition) is 5. The zero-order chi connectivity index (χ0) is 21.8. The van der Waals surface area contributed by atoms with E-state index in [1.54, 1.807) is 18.2 Å². The van der Waals surface area contributed by atoms with Gasteiger partial charge in [0.25, 0.3) is 11.1 Å². The molecule has 0 aliphatic carbocycles. The molecule has 0 aromatic heterocycles. The molecule has 0 bridgehead atoms. The Hall–Kier alpha value is -1.96. The van der Waals surface area contributed by atoms with Gasteiger partial charge in [-0.05, 0) is 66.6 Å². The average Bonchev–Trinajstić information content (AvgIpc) is 3.00. The van der Waals surface area contributed by atoms with E-state index in [1.807, 2.05) is 38.1 Å². The van der Waals surface area contributed by atoms with Crippen LogP contribution in [0.5, 0.6) is 11.5 Å². The first kappa shape index (κ1) is 22.7. The molecule has 0 radical (unpaired) electrons. The summed E-state index contributed by atoms with van der Waals surface area (Å²) in [7, 11) is 1.53. The van der Waals surface area contributed by atoms with Gasteiger partial charge in [-0.2, -0.15) is 0 Å². The maximum atomic E-state index is 12.6. The SMILES string of the molecule is CC[C@@H](C)N1C(=O)S/C(=C/c2cc(Cl)c(OCc3ccc(Br)cc3)c(OC)c2)C1=O. The Morgan fingerprint density at radius 2 is 1.93 bits per heavy atom. The van der Waals surface area contributed by atoms with Gasteiger partial charge in [-0.1, -0.05) is 46.6 Å². The number of carbonyl (C=O) groups excluding carboxylic acids is 2. The maximum absolute atomic E-state index is 12.6. The van der Waals surface area contributed by atoms with Crippen molar-refractivity contribution in [1.82, 2.24) is 4.90 Å². The van der Waals surface area contributed by atoms with Crippen LogP contribution >= 0.6 is 39.3 Å². The van der Waals surface area contributed by atoms with Crippen molar-refractivity contribution < 1.29 is 19.1 Å². The lowest BCUT2D eigenvalue weighted by molar-refractivity contribution is -0.124. The number of methoxy groups -OCH3 is 1. The van der Waals surface area contributed by atoms with Crippen LogP contribution in [0.3, 0.4) is 0 Å². The summed E-state index contributed by atoms with van der Waals surface area (Å²) < 4.78 is 12.3. The molecule has 1 aliphatic heterocycles. The minimum Gasteiger partial charge on any atom is -0.493 e. The van der Waals surface area contributed by atoms with Crippen LogP contribution in [0.15, 0.2) is 45.8 Å². The first-order chi connectivity index (χ1) is 14.3. The number of rotatable bonds is 7. The van der Waals surface area contributed by atoms with Gasteiger partial charge < -0.3 is 9.47 Å². The van der Waals surface area contributed by atoms with Crippen molar-refractivity contribution in [3.8, 4) is 11.5 Å². The van der Waals surface area contributed by atoms with Crippen molar-refractivity contribution in [2.24, 2.45) is 0 Å². The second-order valence-electron chi connectivity index (χ2n) is 6.76. The standard InChI is InChI=1S/C22H21BrClNO4S/c1-4-13(2)25-21(26)19(30-22(25)27)11-15-9-17(24)20(18(10-15)28-3)29-12-14-5-7-16(23)8-6-14/h5-11,13H,4,12H2,1-3H3/b19-11+/t13-/m1/s1. The Morgan fingerprint density at radius 3 is 2.57 bits per heavy atom. The van der Waals surface area contributed by atoms with Crippen LogP contribution in [-0.2, 0) is 11.4 Å². The summed E-state index contributed by atoms with van der Waals surface area (Å²) in [6.45, 7) is 4.13. The Labute approximate surface area is 193 Å². The van der Waals surface area contributed by atoms with Gasteiger partial charge in [-0.3, -0.25) is 14.5 Å². The molecule has 1 aliphatic rings. The summed E-state index contributed by atoms with van der Waals surface area (Å²) in [4.78, 5) is 26.5. The molecule has 158 valence electrons. The highest BCUT2D eigenvalue weighted by Gasteiger charge is 2.37. The van der Waals surface area contributed by atoms with Gasteiger partial charge in [0.15, 0.2) is 11.5 Å². The molecule has 1 fully saturated rings. The molecule has 0 spiro atoms. The maximum Gasteiger partial charge on any atom is 0.293 e. The predicted octanol–water partition coefficient (Wildman–Crippen LogP) is 6.52. The molecule has 2 aromatic rings. The fraction of sp³-hybridized carbons (Fsp3) is 0.273. The van der Waals surface area contributed by atoms with E-state index in [0.29, 0.717) is 40.0 Å². The lowest BCUT2D eigenvalue weighted by Crippen LogP contribution is -2.36. The van der Waals surface area contributed by atoms with E-state index in [2.05, 4.69) is 15.9 Å². The number of benzene rings is 2. The third-order valence-electron chi connectivity index (χ3n) is 4.70. The third-order valence-corrected chi connectivity index (χ3v) is 6.39. The number of ether oxygens (including phenoxy) is 2. The molecule has 1 heterocycles. The van der Waals surface area contributed by atoms with E-state index >= 15 is 0 Å². The molecule has 0 N–H and O–H groups in total. The first-order valence-corrected chi connectivity index (χ1v) is 11.3. The van der Waals surface area contributed by atoms with Crippen LogP contribution in [0, 0.1) is 0 Å². The second-order valence-corrected chi connectivity index (χ2v) is 9.07. The Bertz CT molecular complexity index is 993. The van der Waals surface area contributed by atoms with Crippen LogP contribution < -0.4 is 9.47 Å². The number of thioether (sulfide) groups is 1. The Kier molecular flexibility index (Phi) is 7.50. The van der Waals surface area contributed by atoms with Gasteiger partial charge in [-0.25, -0.2) is 0 Å². The van der Waals surface area contributed by atoms with E-state index in [4.69, 9.17) is 21.1 Å². The molecule has 1 atom stereocenters. The van der Waals surface area contributed by atoms with Gasteiger partial charge in [0, 0.05) is 10.5 Å².